The highest BCUT2D eigenvalue weighted by molar-refractivity contribution is 8.26. The Balaban J connectivity index is 1.45. The fourth-order valence-corrected chi connectivity index (χ4v) is 5.35. The predicted molar refractivity (Wildman–Crippen MR) is 154 cm³/mol. The lowest BCUT2D eigenvalue weighted by Gasteiger charge is -2.16. The number of rotatable bonds is 8. The third kappa shape index (κ3) is 5.71. The molecule has 2 heterocycles. The summed E-state index contributed by atoms with van der Waals surface area (Å²) in [5.74, 6) is 0.561. The van der Waals surface area contributed by atoms with Gasteiger partial charge in [-0.1, -0.05) is 74.2 Å². The van der Waals surface area contributed by atoms with Crippen LogP contribution in [0.5, 0.6) is 5.75 Å². The molecule has 1 amide bonds. The zero-order valence-corrected chi connectivity index (χ0v) is 22.6. The van der Waals surface area contributed by atoms with Gasteiger partial charge in [0.2, 0.25) is 0 Å². The van der Waals surface area contributed by atoms with Crippen molar-refractivity contribution in [1.82, 2.24) is 14.7 Å². The molecule has 4 aromatic rings. The number of aromatic nitrogens is 2. The minimum Gasteiger partial charge on any atom is -0.489 e. The summed E-state index contributed by atoms with van der Waals surface area (Å²) in [6, 6.07) is 23.9. The summed E-state index contributed by atoms with van der Waals surface area (Å²) in [6.07, 6.45) is 3.78. The number of thiocarbonyl (C=S) groups is 1. The summed E-state index contributed by atoms with van der Waals surface area (Å²) in [5.41, 5.74) is 3.80. The van der Waals surface area contributed by atoms with Crippen molar-refractivity contribution in [1.29, 1.82) is 0 Å². The second-order valence-electron chi connectivity index (χ2n) is 9.30. The van der Waals surface area contributed by atoms with Crippen LogP contribution < -0.4 is 4.74 Å². The Kier molecular flexibility index (Phi) is 7.72. The average Bonchev–Trinajstić information content (AvgIpc) is 3.45. The minimum absolute atomic E-state index is 0.0796. The van der Waals surface area contributed by atoms with Crippen molar-refractivity contribution in [2.75, 3.05) is 6.54 Å². The Labute approximate surface area is 230 Å². The van der Waals surface area contributed by atoms with E-state index in [9.17, 15) is 9.18 Å². The topological polar surface area (TPSA) is 47.4 Å². The number of thioether (sulfide) groups is 1. The molecule has 1 aliphatic rings. The summed E-state index contributed by atoms with van der Waals surface area (Å²) >= 11 is 6.81. The largest absolute Gasteiger partial charge is 0.489 e. The van der Waals surface area contributed by atoms with Crippen molar-refractivity contribution in [2.24, 2.45) is 5.92 Å². The van der Waals surface area contributed by atoms with Crippen LogP contribution >= 0.6 is 24.0 Å². The maximum atomic E-state index is 13.9. The van der Waals surface area contributed by atoms with Crippen LogP contribution in [0, 0.1) is 11.7 Å². The number of carbonyl (C=O) groups is 1. The molecule has 0 atom stereocenters. The van der Waals surface area contributed by atoms with Gasteiger partial charge < -0.3 is 4.74 Å². The van der Waals surface area contributed by atoms with Crippen molar-refractivity contribution >= 4 is 40.3 Å². The second-order valence-corrected chi connectivity index (χ2v) is 11.0. The molecular formula is C30H26FN3O2S2. The average molecular weight is 544 g/mol. The maximum absolute atomic E-state index is 13.9. The van der Waals surface area contributed by atoms with Crippen LogP contribution in [0.2, 0.25) is 0 Å². The van der Waals surface area contributed by atoms with Crippen molar-refractivity contribution in [3.8, 4) is 22.7 Å². The van der Waals surface area contributed by atoms with E-state index in [1.807, 2.05) is 66.9 Å². The number of para-hydroxylation sites is 1. The molecular weight excluding hydrogens is 517 g/mol. The van der Waals surface area contributed by atoms with Gasteiger partial charge in [-0.25, -0.2) is 9.07 Å². The fourth-order valence-electron chi connectivity index (χ4n) is 4.08. The van der Waals surface area contributed by atoms with Crippen LogP contribution in [-0.4, -0.2) is 31.5 Å². The molecule has 1 aromatic heterocycles. The van der Waals surface area contributed by atoms with Gasteiger partial charge in [-0.15, -0.1) is 0 Å². The first-order valence-corrected chi connectivity index (χ1v) is 13.5. The van der Waals surface area contributed by atoms with Gasteiger partial charge in [0, 0.05) is 29.4 Å². The smallest absolute Gasteiger partial charge is 0.266 e. The first-order valence-electron chi connectivity index (χ1n) is 12.3. The van der Waals surface area contributed by atoms with E-state index in [0.717, 1.165) is 22.5 Å². The van der Waals surface area contributed by atoms with Gasteiger partial charge in [-0.3, -0.25) is 9.69 Å². The van der Waals surface area contributed by atoms with Gasteiger partial charge in [0.15, 0.2) is 0 Å². The van der Waals surface area contributed by atoms with E-state index in [1.54, 1.807) is 27.8 Å². The maximum Gasteiger partial charge on any atom is 0.266 e. The first kappa shape index (κ1) is 25.9. The van der Waals surface area contributed by atoms with Gasteiger partial charge in [-0.2, -0.15) is 5.10 Å². The number of hydrogen-bond donors (Lipinski definition) is 0. The van der Waals surface area contributed by atoms with Crippen molar-refractivity contribution in [3.05, 3.63) is 107 Å². The van der Waals surface area contributed by atoms with Crippen LogP contribution in [0.25, 0.3) is 23.0 Å². The Hall–Kier alpha value is -3.75. The third-order valence-corrected chi connectivity index (χ3v) is 7.33. The third-order valence-electron chi connectivity index (χ3n) is 5.95. The SMILES string of the molecule is CC(C)CN1C(=O)/C(=C/c2cn(-c3ccccc3)nc2-c2ccc(OCc3ccccc3F)cc2)SC1=S. The number of carbonyl (C=O) groups excluding carboxylic acids is 1. The molecule has 0 radical (unpaired) electrons. The highest BCUT2D eigenvalue weighted by Gasteiger charge is 2.32. The monoisotopic (exact) mass is 543 g/mol. The standard InChI is InChI=1S/C30H26FN3O2S2/c1-20(2)17-33-29(35)27(38-30(33)37)16-23-18-34(24-9-4-3-5-10-24)32-28(23)21-12-14-25(15-13-21)36-19-22-8-6-7-11-26(22)31/h3-16,18,20H,17,19H2,1-2H3/b27-16-. The summed E-state index contributed by atoms with van der Waals surface area (Å²) in [6.45, 7) is 4.85. The zero-order valence-electron chi connectivity index (χ0n) is 21.0. The fraction of sp³-hybridized carbons (Fsp3) is 0.167. The van der Waals surface area contributed by atoms with E-state index in [4.69, 9.17) is 22.1 Å². The van der Waals surface area contributed by atoms with E-state index in [2.05, 4.69) is 13.8 Å². The van der Waals surface area contributed by atoms with Gasteiger partial charge in [-0.05, 0) is 54.5 Å². The number of ether oxygens (including phenoxy) is 1. The normalized spacial score (nSPS) is 14.6. The van der Waals surface area contributed by atoms with Gasteiger partial charge in [0.05, 0.1) is 16.3 Å². The lowest BCUT2D eigenvalue weighted by atomic mass is 10.1. The number of amides is 1. The molecule has 0 saturated carbocycles. The molecule has 1 saturated heterocycles. The van der Waals surface area contributed by atoms with Gasteiger partial charge >= 0.3 is 0 Å². The second kappa shape index (κ2) is 11.3. The lowest BCUT2D eigenvalue weighted by molar-refractivity contribution is -0.122. The number of benzene rings is 3. The first-order chi connectivity index (χ1) is 18.4. The van der Waals surface area contributed by atoms with E-state index in [-0.39, 0.29) is 18.3 Å². The Morgan fingerprint density at radius 3 is 2.45 bits per heavy atom. The molecule has 0 unspecified atom stereocenters. The molecule has 5 nitrogen and oxygen atoms in total. The number of halogens is 1. The molecule has 0 bridgehead atoms. The van der Waals surface area contributed by atoms with Crippen molar-refractivity contribution < 1.29 is 13.9 Å². The van der Waals surface area contributed by atoms with Crippen LogP contribution in [0.4, 0.5) is 4.39 Å². The Bertz CT molecular complexity index is 1500. The van der Waals surface area contributed by atoms with E-state index in [1.165, 1.54) is 17.8 Å². The molecule has 3 aromatic carbocycles. The molecule has 1 aliphatic heterocycles. The molecule has 192 valence electrons. The summed E-state index contributed by atoms with van der Waals surface area (Å²) in [7, 11) is 0. The minimum atomic E-state index is -0.293. The highest BCUT2D eigenvalue weighted by atomic mass is 32.2. The number of hydrogen-bond acceptors (Lipinski definition) is 5. The lowest BCUT2D eigenvalue weighted by Crippen LogP contribution is -2.31. The molecule has 0 N–H and O–H groups in total. The molecule has 1 fully saturated rings. The van der Waals surface area contributed by atoms with E-state index < -0.39 is 0 Å². The molecule has 0 spiro atoms. The predicted octanol–water partition coefficient (Wildman–Crippen LogP) is 7.11. The van der Waals surface area contributed by atoms with Crippen molar-refractivity contribution in [3.63, 3.8) is 0 Å². The van der Waals surface area contributed by atoms with E-state index >= 15 is 0 Å². The quantitative estimate of drug-likeness (QED) is 0.175. The summed E-state index contributed by atoms with van der Waals surface area (Å²) in [4.78, 5) is 15.4. The Morgan fingerprint density at radius 2 is 1.74 bits per heavy atom. The van der Waals surface area contributed by atoms with E-state index in [0.29, 0.717) is 33.0 Å². The summed E-state index contributed by atoms with van der Waals surface area (Å²) in [5, 5.41) is 4.85. The van der Waals surface area contributed by atoms with Crippen molar-refractivity contribution in [2.45, 2.75) is 20.5 Å². The molecule has 38 heavy (non-hydrogen) atoms. The summed E-state index contributed by atoms with van der Waals surface area (Å²) < 4.78 is 22.1. The highest BCUT2D eigenvalue weighted by Crippen LogP contribution is 2.35. The van der Waals surface area contributed by atoms with Crippen LogP contribution in [0.15, 0.2) is 90.0 Å². The zero-order chi connectivity index (χ0) is 26.6. The molecule has 8 heteroatoms. The van der Waals surface area contributed by atoms with Gasteiger partial charge in [0.1, 0.15) is 22.5 Å². The van der Waals surface area contributed by atoms with Crippen LogP contribution in [0.3, 0.4) is 0 Å². The van der Waals surface area contributed by atoms with Crippen LogP contribution in [0.1, 0.15) is 25.0 Å². The van der Waals surface area contributed by atoms with Crippen LogP contribution in [-0.2, 0) is 11.4 Å². The van der Waals surface area contributed by atoms with Gasteiger partial charge in [0.25, 0.3) is 5.91 Å². The Morgan fingerprint density at radius 1 is 1.03 bits per heavy atom. The molecule has 0 aliphatic carbocycles. The number of nitrogens with zero attached hydrogens (tertiary/aromatic N) is 3. The molecule has 5 rings (SSSR count).